The molecule has 1 aromatic rings. The van der Waals surface area contributed by atoms with Crippen LogP contribution in [-0.4, -0.2) is 63.2 Å². The standard InChI is InChI=1S/C15H30N6/c1-7-15(4,5)21-14(16-17-18-21)13(12(2)3)20-10-8-19(6)9-11-20/h12-13H,7-11H2,1-6H3/t13-/m0/s1. The van der Waals surface area contributed by atoms with Gasteiger partial charge in [0.15, 0.2) is 5.82 Å². The van der Waals surface area contributed by atoms with Gasteiger partial charge >= 0.3 is 0 Å². The first-order valence-electron chi connectivity index (χ1n) is 8.08. The van der Waals surface area contributed by atoms with E-state index in [1.165, 1.54) is 0 Å². The van der Waals surface area contributed by atoms with Gasteiger partial charge in [-0.05, 0) is 43.7 Å². The summed E-state index contributed by atoms with van der Waals surface area (Å²) in [5, 5.41) is 12.7. The van der Waals surface area contributed by atoms with Crippen LogP contribution in [0.25, 0.3) is 0 Å². The first-order chi connectivity index (χ1) is 9.86. The van der Waals surface area contributed by atoms with Gasteiger partial charge in [-0.25, -0.2) is 4.68 Å². The molecule has 2 rings (SSSR count). The zero-order valence-electron chi connectivity index (χ0n) is 14.4. The van der Waals surface area contributed by atoms with Gasteiger partial charge in [-0.3, -0.25) is 4.90 Å². The van der Waals surface area contributed by atoms with Crippen molar-refractivity contribution in [3.8, 4) is 0 Å². The van der Waals surface area contributed by atoms with E-state index in [2.05, 4.69) is 67.0 Å². The van der Waals surface area contributed by atoms with Gasteiger partial charge in [0.1, 0.15) is 0 Å². The van der Waals surface area contributed by atoms with Crippen molar-refractivity contribution in [3.05, 3.63) is 5.82 Å². The van der Waals surface area contributed by atoms with Crippen LogP contribution in [0.3, 0.4) is 0 Å². The largest absolute Gasteiger partial charge is 0.304 e. The second-order valence-electron chi connectivity index (χ2n) is 7.14. The van der Waals surface area contributed by atoms with Gasteiger partial charge in [-0.15, -0.1) is 5.10 Å². The second-order valence-corrected chi connectivity index (χ2v) is 7.14. The number of tetrazole rings is 1. The zero-order chi connectivity index (χ0) is 15.6. The van der Waals surface area contributed by atoms with Gasteiger partial charge in [0.25, 0.3) is 0 Å². The first-order valence-corrected chi connectivity index (χ1v) is 8.08. The average molecular weight is 294 g/mol. The fourth-order valence-electron chi connectivity index (χ4n) is 2.94. The third kappa shape index (κ3) is 3.43. The smallest absolute Gasteiger partial charge is 0.169 e. The Morgan fingerprint density at radius 3 is 2.29 bits per heavy atom. The first kappa shape index (κ1) is 16.4. The summed E-state index contributed by atoms with van der Waals surface area (Å²) < 4.78 is 2.04. The number of likely N-dealkylation sites (N-methyl/N-ethyl adjacent to an activating group) is 1. The predicted octanol–water partition coefficient (Wildman–Crippen LogP) is 1.76. The van der Waals surface area contributed by atoms with Gasteiger partial charge in [-0.2, -0.15) is 0 Å². The van der Waals surface area contributed by atoms with Crippen molar-refractivity contribution in [2.45, 2.75) is 52.6 Å². The second kappa shape index (κ2) is 6.40. The van der Waals surface area contributed by atoms with Crippen LogP contribution in [0.1, 0.15) is 52.9 Å². The van der Waals surface area contributed by atoms with E-state index in [4.69, 9.17) is 0 Å². The lowest BCUT2D eigenvalue weighted by Crippen LogP contribution is -2.48. The Hall–Kier alpha value is -1.01. The van der Waals surface area contributed by atoms with Gasteiger partial charge in [0.2, 0.25) is 0 Å². The Morgan fingerprint density at radius 1 is 1.14 bits per heavy atom. The quantitative estimate of drug-likeness (QED) is 0.828. The Bertz CT molecular complexity index is 445. The van der Waals surface area contributed by atoms with Crippen molar-refractivity contribution in [1.29, 1.82) is 0 Å². The number of aromatic nitrogens is 4. The molecule has 6 nitrogen and oxygen atoms in total. The molecule has 0 saturated carbocycles. The lowest BCUT2D eigenvalue weighted by Gasteiger charge is -2.40. The van der Waals surface area contributed by atoms with E-state index < -0.39 is 0 Å². The van der Waals surface area contributed by atoms with Crippen LogP contribution in [-0.2, 0) is 5.54 Å². The van der Waals surface area contributed by atoms with Crippen molar-refractivity contribution < 1.29 is 0 Å². The van der Waals surface area contributed by atoms with Gasteiger partial charge in [0, 0.05) is 26.2 Å². The molecule has 0 unspecified atom stereocenters. The van der Waals surface area contributed by atoms with Gasteiger partial charge in [0.05, 0.1) is 11.6 Å². The van der Waals surface area contributed by atoms with Crippen LogP contribution < -0.4 is 0 Å². The minimum atomic E-state index is -0.0431. The Morgan fingerprint density at radius 2 is 1.76 bits per heavy atom. The van der Waals surface area contributed by atoms with Crippen LogP contribution in [0.4, 0.5) is 0 Å². The van der Waals surface area contributed by atoms with Crippen LogP contribution in [0.2, 0.25) is 0 Å². The summed E-state index contributed by atoms with van der Waals surface area (Å²) in [7, 11) is 2.19. The normalized spacial score (nSPS) is 20.1. The maximum atomic E-state index is 4.39. The van der Waals surface area contributed by atoms with Crippen LogP contribution in [0.15, 0.2) is 0 Å². The molecule has 0 radical (unpaired) electrons. The number of rotatable bonds is 5. The van der Waals surface area contributed by atoms with E-state index in [0.717, 1.165) is 38.4 Å². The lowest BCUT2D eigenvalue weighted by molar-refractivity contribution is 0.0770. The van der Waals surface area contributed by atoms with E-state index in [1.807, 2.05) is 4.68 Å². The summed E-state index contributed by atoms with van der Waals surface area (Å²) in [6.45, 7) is 15.5. The van der Waals surface area contributed by atoms with Crippen molar-refractivity contribution >= 4 is 0 Å². The highest BCUT2D eigenvalue weighted by molar-refractivity contribution is 4.99. The van der Waals surface area contributed by atoms with Crippen molar-refractivity contribution in [1.82, 2.24) is 30.0 Å². The molecular formula is C15H30N6. The molecule has 0 N–H and O–H groups in total. The summed E-state index contributed by atoms with van der Waals surface area (Å²) in [5.74, 6) is 1.51. The average Bonchev–Trinajstić information content (AvgIpc) is 2.91. The van der Waals surface area contributed by atoms with E-state index in [-0.39, 0.29) is 5.54 Å². The maximum absolute atomic E-state index is 4.39. The summed E-state index contributed by atoms with van der Waals surface area (Å²) in [4.78, 5) is 4.92. The fourth-order valence-corrected chi connectivity index (χ4v) is 2.94. The summed E-state index contributed by atoms with van der Waals surface area (Å²) in [6, 6.07) is 0.291. The summed E-state index contributed by atoms with van der Waals surface area (Å²) in [5.41, 5.74) is -0.0431. The third-order valence-electron chi connectivity index (χ3n) is 4.76. The molecule has 1 saturated heterocycles. The van der Waals surface area contributed by atoms with Crippen molar-refractivity contribution in [3.63, 3.8) is 0 Å². The SMILES string of the molecule is CCC(C)(C)n1nnnc1[C@H](C(C)C)N1CCN(C)CC1. The number of hydrogen-bond acceptors (Lipinski definition) is 5. The van der Waals surface area contributed by atoms with E-state index in [0.29, 0.717) is 12.0 Å². The highest BCUT2D eigenvalue weighted by atomic mass is 15.6. The maximum Gasteiger partial charge on any atom is 0.169 e. The molecule has 1 aliphatic rings. The topological polar surface area (TPSA) is 50.1 Å². The number of nitrogens with zero attached hydrogens (tertiary/aromatic N) is 6. The molecule has 0 aliphatic carbocycles. The molecule has 120 valence electrons. The number of hydrogen-bond donors (Lipinski definition) is 0. The molecule has 21 heavy (non-hydrogen) atoms. The number of piperazine rings is 1. The minimum Gasteiger partial charge on any atom is -0.304 e. The molecule has 0 spiro atoms. The highest BCUT2D eigenvalue weighted by Crippen LogP contribution is 2.31. The monoisotopic (exact) mass is 294 g/mol. The predicted molar refractivity (Wildman–Crippen MR) is 84.1 cm³/mol. The Balaban J connectivity index is 2.30. The molecule has 1 fully saturated rings. The minimum absolute atomic E-state index is 0.0431. The van der Waals surface area contributed by atoms with Gasteiger partial charge in [-0.1, -0.05) is 20.8 Å². The molecular weight excluding hydrogens is 264 g/mol. The molecule has 0 aromatic carbocycles. The summed E-state index contributed by atoms with van der Waals surface area (Å²) in [6.07, 6.45) is 1.01. The Labute approximate surface area is 128 Å². The molecule has 0 amide bonds. The molecule has 1 aliphatic heterocycles. The molecule has 0 bridgehead atoms. The highest BCUT2D eigenvalue weighted by Gasteiger charge is 2.34. The van der Waals surface area contributed by atoms with Crippen LogP contribution in [0, 0.1) is 5.92 Å². The van der Waals surface area contributed by atoms with Crippen LogP contribution >= 0.6 is 0 Å². The summed E-state index contributed by atoms with van der Waals surface area (Å²) >= 11 is 0. The van der Waals surface area contributed by atoms with E-state index in [1.54, 1.807) is 0 Å². The van der Waals surface area contributed by atoms with Gasteiger partial charge < -0.3 is 4.90 Å². The molecule has 1 atom stereocenters. The van der Waals surface area contributed by atoms with Crippen molar-refractivity contribution in [2.24, 2.45) is 5.92 Å². The molecule has 1 aromatic heterocycles. The van der Waals surface area contributed by atoms with E-state index >= 15 is 0 Å². The Kier molecular flexibility index (Phi) is 4.99. The lowest BCUT2D eigenvalue weighted by atomic mass is 9.97. The third-order valence-corrected chi connectivity index (χ3v) is 4.76. The molecule has 6 heteroatoms. The fraction of sp³-hybridized carbons (Fsp3) is 0.933. The zero-order valence-corrected chi connectivity index (χ0v) is 14.4. The van der Waals surface area contributed by atoms with E-state index in [9.17, 15) is 0 Å². The van der Waals surface area contributed by atoms with Crippen LogP contribution in [0.5, 0.6) is 0 Å². The van der Waals surface area contributed by atoms with Crippen molar-refractivity contribution in [2.75, 3.05) is 33.2 Å². The molecule has 2 heterocycles.